The van der Waals surface area contributed by atoms with Gasteiger partial charge in [-0.3, -0.25) is 9.78 Å². The van der Waals surface area contributed by atoms with E-state index in [1.54, 1.807) is 29.4 Å². The molecule has 1 aliphatic heterocycles. The first-order valence-electron chi connectivity index (χ1n) is 7.62. The van der Waals surface area contributed by atoms with E-state index in [2.05, 4.69) is 9.97 Å². The van der Waals surface area contributed by atoms with E-state index in [1.165, 1.54) is 0 Å². The molecular weight excluding hydrogens is 292 g/mol. The van der Waals surface area contributed by atoms with Gasteiger partial charge < -0.3 is 14.9 Å². The van der Waals surface area contributed by atoms with Gasteiger partial charge in [0, 0.05) is 50.7 Å². The first-order valence-corrected chi connectivity index (χ1v) is 7.62. The van der Waals surface area contributed by atoms with E-state index in [0.717, 1.165) is 17.1 Å². The average Bonchev–Trinajstić information content (AvgIpc) is 3.01. The number of amides is 1. The predicted octanol–water partition coefficient (Wildman–Crippen LogP) is 1.42. The van der Waals surface area contributed by atoms with Gasteiger partial charge in [-0.25, -0.2) is 4.98 Å². The Morgan fingerprint density at radius 1 is 1.22 bits per heavy atom. The second kappa shape index (κ2) is 6.34. The van der Waals surface area contributed by atoms with Crippen LogP contribution in [0.3, 0.4) is 0 Å². The average molecular weight is 312 g/mol. The highest BCUT2D eigenvalue weighted by Crippen LogP contribution is 2.25. The van der Waals surface area contributed by atoms with Gasteiger partial charge in [0.05, 0.1) is 6.10 Å². The summed E-state index contributed by atoms with van der Waals surface area (Å²) in [6.07, 6.45) is 3.57. The van der Waals surface area contributed by atoms with Crippen molar-refractivity contribution in [2.45, 2.75) is 12.5 Å². The Bertz CT molecular complexity index is 700. The van der Waals surface area contributed by atoms with Crippen LogP contribution in [-0.2, 0) is 0 Å². The Hall–Kier alpha value is -2.47. The van der Waals surface area contributed by atoms with Crippen LogP contribution in [0.5, 0.6) is 0 Å². The van der Waals surface area contributed by atoms with Crippen LogP contribution in [-0.4, -0.2) is 59.2 Å². The molecule has 0 saturated carbocycles. The molecule has 0 unspecified atom stereocenters. The molecule has 0 spiro atoms. The fourth-order valence-electron chi connectivity index (χ4n) is 2.74. The molecule has 6 heteroatoms. The summed E-state index contributed by atoms with van der Waals surface area (Å²) in [5, 5.41) is 9.56. The zero-order valence-corrected chi connectivity index (χ0v) is 13.3. The minimum absolute atomic E-state index is 0.0416. The molecule has 2 heterocycles. The van der Waals surface area contributed by atoms with Gasteiger partial charge in [0.2, 0.25) is 0 Å². The number of carbonyl (C=O) groups is 1. The van der Waals surface area contributed by atoms with Gasteiger partial charge in [0.1, 0.15) is 5.69 Å². The number of aromatic nitrogens is 2. The lowest BCUT2D eigenvalue weighted by Crippen LogP contribution is -2.29. The third-order valence-corrected chi connectivity index (χ3v) is 3.96. The van der Waals surface area contributed by atoms with E-state index in [-0.39, 0.29) is 5.91 Å². The number of hydrogen-bond acceptors (Lipinski definition) is 5. The molecule has 1 aromatic heterocycles. The van der Waals surface area contributed by atoms with E-state index in [9.17, 15) is 9.90 Å². The topological polar surface area (TPSA) is 69.6 Å². The van der Waals surface area contributed by atoms with Crippen molar-refractivity contribution in [3.8, 4) is 11.3 Å². The van der Waals surface area contributed by atoms with Crippen molar-refractivity contribution in [3.05, 3.63) is 42.2 Å². The Labute approximate surface area is 135 Å². The van der Waals surface area contributed by atoms with Gasteiger partial charge in [0.15, 0.2) is 5.82 Å². The smallest absolute Gasteiger partial charge is 0.253 e. The first-order chi connectivity index (χ1) is 11.1. The van der Waals surface area contributed by atoms with E-state index >= 15 is 0 Å². The number of benzene rings is 1. The molecule has 1 aromatic carbocycles. The standard InChI is InChI=1S/C17H20N4O2/c1-20(2)16-15(18-8-9-19-16)12-3-5-13(6-4-12)17(23)21-10-7-14(22)11-21/h3-6,8-9,14,22H,7,10-11H2,1-2H3/t14-/m1/s1. The zero-order chi connectivity index (χ0) is 16.4. The summed E-state index contributed by atoms with van der Waals surface area (Å²) < 4.78 is 0. The van der Waals surface area contributed by atoms with Crippen LogP contribution in [0.4, 0.5) is 5.82 Å². The van der Waals surface area contributed by atoms with Crippen LogP contribution in [0, 0.1) is 0 Å². The van der Waals surface area contributed by atoms with Crippen LogP contribution < -0.4 is 4.90 Å². The van der Waals surface area contributed by atoms with Gasteiger partial charge in [-0.15, -0.1) is 0 Å². The van der Waals surface area contributed by atoms with Gasteiger partial charge in [-0.05, 0) is 18.6 Å². The summed E-state index contributed by atoms with van der Waals surface area (Å²) in [7, 11) is 3.84. The molecule has 1 fully saturated rings. The highest BCUT2D eigenvalue weighted by Gasteiger charge is 2.25. The van der Waals surface area contributed by atoms with Crippen molar-refractivity contribution in [1.82, 2.24) is 14.9 Å². The largest absolute Gasteiger partial charge is 0.391 e. The summed E-state index contributed by atoms with van der Waals surface area (Å²) in [5.41, 5.74) is 2.33. The van der Waals surface area contributed by atoms with E-state index in [4.69, 9.17) is 0 Å². The molecule has 23 heavy (non-hydrogen) atoms. The Morgan fingerprint density at radius 2 is 1.91 bits per heavy atom. The molecular formula is C17H20N4O2. The van der Waals surface area contributed by atoms with Crippen LogP contribution in [0.1, 0.15) is 16.8 Å². The summed E-state index contributed by atoms with van der Waals surface area (Å²) >= 11 is 0. The highest BCUT2D eigenvalue weighted by atomic mass is 16.3. The highest BCUT2D eigenvalue weighted by molar-refractivity contribution is 5.95. The maximum atomic E-state index is 12.4. The van der Waals surface area contributed by atoms with Crippen LogP contribution in [0.2, 0.25) is 0 Å². The number of carbonyl (C=O) groups excluding carboxylic acids is 1. The Balaban J connectivity index is 1.84. The summed E-state index contributed by atoms with van der Waals surface area (Å²) in [5.74, 6) is 0.745. The summed E-state index contributed by atoms with van der Waals surface area (Å²) in [6.45, 7) is 1.02. The third kappa shape index (κ3) is 3.17. The minimum atomic E-state index is -0.402. The maximum absolute atomic E-state index is 12.4. The quantitative estimate of drug-likeness (QED) is 0.928. The molecule has 120 valence electrons. The van der Waals surface area contributed by atoms with Crippen LogP contribution >= 0.6 is 0 Å². The molecule has 1 N–H and O–H groups in total. The fraction of sp³-hybridized carbons (Fsp3) is 0.353. The second-order valence-corrected chi connectivity index (χ2v) is 5.89. The van der Waals surface area contributed by atoms with Crippen LogP contribution in [0.25, 0.3) is 11.3 Å². The second-order valence-electron chi connectivity index (χ2n) is 5.89. The molecule has 0 bridgehead atoms. The number of rotatable bonds is 3. The SMILES string of the molecule is CN(C)c1nccnc1-c1ccc(C(=O)N2CC[C@@H](O)C2)cc1. The number of anilines is 1. The van der Waals surface area contributed by atoms with Crippen molar-refractivity contribution >= 4 is 11.7 Å². The molecule has 1 atom stereocenters. The fourth-order valence-corrected chi connectivity index (χ4v) is 2.74. The molecule has 3 rings (SSSR count). The molecule has 0 aliphatic carbocycles. The lowest BCUT2D eigenvalue weighted by atomic mass is 10.1. The number of aliphatic hydroxyl groups excluding tert-OH is 1. The van der Waals surface area contributed by atoms with Crippen molar-refractivity contribution in [1.29, 1.82) is 0 Å². The van der Waals surface area contributed by atoms with Gasteiger partial charge in [-0.1, -0.05) is 12.1 Å². The summed E-state index contributed by atoms with van der Waals surface area (Å²) in [6, 6.07) is 7.38. The van der Waals surface area contributed by atoms with Crippen LogP contribution in [0.15, 0.2) is 36.7 Å². The third-order valence-electron chi connectivity index (χ3n) is 3.96. The first kappa shape index (κ1) is 15.4. The van der Waals surface area contributed by atoms with Gasteiger partial charge >= 0.3 is 0 Å². The Kier molecular flexibility index (Phi) is 4.25. The lowest BCUT2D eigenvalue weighted by Gasteiger charge is -2.17. The van der Waals surface area contributed by atoms with Gasteiger partial charge in [-0.2, -0.15) is 0 Å². The van der Waals surface area contributed by atoms with E-state index < -0.39 is 6.10 Å². The number of β-amino-alcohol motifs (C(OH)–C–C–N with tert-alkyl or cyclic N) is 1. The van der Waals surface area contributed by atoms with Crippen molar-refractivity contribution in [2.75, 3.05) is 32.1 Å². The molecule has 0 radical (unpaired) electrons. The van der Waals surface area contributed by atoms with Crippen molar-refractivity contribution in [2.24, 2.45) is 0 Å². The molecule has 1 aliphatic rings. The van der Waals surface area contributed by atoms with Gasteiger partial charge in [0.25, 0.3) is 5.91 Å². The molecule has 1 amide bonds. The predicted molar refractivity (Wildman–Crippen MR) is 88.3 cm³/mol. The number of likely N-dealkylation sites (tertiary alicyclic amines) is 1. The van der Waals surface area contributed by atoms with E-state index in [0.29, 0.717) is 25.1 Å². The Morgan fingerprint density at radius 3 is 2.52 bits per heavy atom. The van der Waals surface area contributed by atoms with Crippen molar-refractivity contribution in [3.63, 3.8) is 0 Å². The number of nitrogens with zero attached hydrogens (tertiary/aromatic N) is 4. The van der Waals surface area contributed by atoms with Crippen molar-refractivity contribution < 1.29 is 9.90 Å². The molecule has 2 aromatic rings. The summed E-state index contributed by atoms with van der Waals surface area (Å²) in [4.78, 5) is 24.7. The monoisotopic (exact) mass is 312 g/mol. The molecule has 1 saturated heterocycles. The number of hydrogen-bond donors (Lipinski definition) is 1. The molecule has 6 nitrogen and oxygen atoms in total. The van der Waals surface area contributed by atoms with E-state index in [1.807, 2.05) is 31.1 Å². The zero-order valence-electron chi connectivity index (χ0n) is 13.3. The lowest BCUT2D eigenvalue weighted by molar-refractivity contribution is 0.0765. The maximum Gasteiger partial charge on any atom is 0.253 e. The number of aliphatic hydroxyl groups is 1. The minimum Gasteiger partial charge on any atom is -0.391 e. The normalized spacial score (nSPS) is 17.3.